The molecular weight excluding hydrogens is 687 g/mol. The molecule has 0 bridgehead atoms. The maximum absolute atomic E-state index is 2.65. The van der Waals surface area contributed by atoms with E-state index in [1.54, 1.807) is 0 Å². The van der Waals surface area contributed by atoms with Gasteiger partial charge in [-0.3, -0.25) is 0 Å². The van der Waals surface area contributed by atoms with E-state index >= 15 is 0 Å². The highest BCUT2D eigenvalue weighted by atomic mass is 15.2. The molecule has 57 heavy (non-hydrogen) atoms. The molecule has 1 nitrogen and oxygen atoms in total. The SMILES string of the molecule is CC1(C)c2ccccc2-c2c1ccc1c2C(N(c2ccc(-c3ccccc3)cc2)c2ccc3c(c2)C(c2ccccc2)(c2ccccc2)c2ccccc2-3)CC=C1. The van der Waals surface area contributed by atoms with Crippen molar-refractivity contribution in [2.45, 2.75) is 37.1 Å². The lowest BCUT2D eigenvalue weighted by atomic mass is 9.67. The van der Waals surface area contributed by atoms with Crippen molar-refractivity contribution in [3.05, 3.63) is 245 Å². The maximum atomic E-state index is 2.65. The third-order valence-corrected chi connectivity index (χ3v) is 13.1. The number of rotatable bonds is 6. The van der Waals surface area contributed by atoms with E-state index in [0.717, 1.165) is 6.42 Å². The number of anilines is 2. The molecule has 0 fully saturated rings. The third-order valence-electron chi connectivity index (χ3n) is 13.1. The fourth-order valence-electron chi connectivity index (χ4n) is 10.6. The molecule has 0 amide bonds. The number of hydrogen-bond acceptors (Lipinski definition) is 1. The second-order valence-corrected chi connectivity index (χ2v) is 16.4. The normalized spacial score (nSPS) is 16.2. The van der Waals surface area contributed by atoms with Crippen molar-refractivity contribution in [3.63, 3.8) is 0 Å². The summed E-state index contributed by atoms with van der Waals surface area (Å²) < 4.78 is 0. The van der Waals surface area contributed by atoms with Gasteiger partial charge in [0.15, 0.2) is 0 Å². The van der Waals surface area contributed by atoms with Crippen LogP contribution in [0.4, 0.5) is 11.4 Å². The van der Waals surface area contributed by atoms with Crippen molar-refractivity contribution in [2.75, 3.05) is 4.90 Å². The molecule has 3 aliphatic carbocycles. The molecule has 272 valence electrons. The Kier molecular flexibility index (Phi) is 7.63. The van der Waals surface area contributed by atoms with Crippen LogP contribution in [0.5, 0.6) is 0 Å². The summed E-state index contributed by atoms with van der Waals surface area (Å²) in [6.45, 7) is 4.78. The van der Waals surface area contributed by atoms with Crippen molar-refractivity contribution in [3.8, 4) is 33.4 Å². The monoisotopic (exact) mass is 729 g/mol. The lowest BCUT2D eigenvalue weighted by Crippen LogP contribution is -2.30. The van der Waals surface area contributed by atoms with E-state index in [2.05, 4.69) is 225 Å². The van der Waals surface area contributed by atoms with Crippen LogP contribution in [-0.2, 0) is 10.8 Å². The van der Waals surface area contributed by atoms with E-state index < -0.39 is 5.41 Å². The predicted octanol–water partition coefficient (Wildman–Crippen LogP) is 14.3. The standard InChI is InChI=1S/C56H43N/c1-55(2)48-26-14-13-25-47(48)54-50(55)36-31-40-19-16-28-52(53(40)54)57(43-32-29-39(30-33-43)38-17-6-3-7-18-38)44-34-35-46-45-24-12-15-27-49(45)56(51(46)37-44,41-20-8-4-9-21-41)42-22-10-5-11-23-42/h3-27,29-37,52H,28H2,1-2H3. The van der Waals surface area contributed by atoms with E-state index in [0.29, 0.717) is 0 Å². The van der Waals surface area contributed by atoms with Crippen LogP contribution in [0, 0.1) is 0 Å². The second-order valence-electron chi connectivity index (χ2n) is 16.4. The largest absolute Gasteiger partial charge is 0.334 e. The van der Waals surface area contributed by atoms with Gasteiger partial charge in [-0.15, -0.1) is 0 Å². The number of hydrogen-bond donors (Lipinski definition) is 0. The van der Waals surface area contributed by atoms with Gasteiger partial charge in [0.25, 0.3) is 0 Å². The molecular formula is C56H43N. The van der Waals surface area contributed by atoms with Gasteiger partial charge in [0.1, 0.15) is 0 Å². The zero-order chi connectivity index (χ0) is 38.1. The number of benzene rings is 8. The lowest BCUT2D eigenvalue weighted by Gasteiger charge is -2.39. The summed E-state index contributed by atoms with van der Waals surface area (Å²) in [7, 11) is 0. The Hall–Kier alpha value is -6.70. The van der Waals surface area contributed by atoms with Gasteiger partial charge < -0.3 is 4.90 Å². The molecule has 1 unspecified atom stereocenters. The van der Waals surface area contributed by atoms with Crippen LogP contribution in [-0.4, -0.2) is 0 Å². The van der Waals surface area contributed by atoms with Crippen LogP contribution in [0.2, 0.25) is 0 Å². The molecule has 8 aromatic rings. The molecule has 0 heterocycles. The molecule has 8 aromatic carbocycles. The average molecular weight is 730 g/mol. The first-order chi connectivity index (χ1) is 28.0. The first kappa shape index (κ1) is 33.6. The topological polar surface area (TPSA) is 3.24 Å². The molecule has 0 N–H and O–H groups in total. The van der Waals surface area contributed by atoms with Gasteiger partial charge in [-0.2, -0.15) is 0 Å². The van der Waals surface area contributed by atoms with E-state index in [9.17, 15) is 0 Å². The van der Waals surface area contributed by atoms with Crippen molar-refractivity contribution < 1.29 is 0 Å². The minimum atomic E-state index is -0.484. The molecule has 0 saturated carbocycles. The van der Waals surface area contributed by atoms with Crippen LogP contribution in [0.15, 0.2) is 200 Å². The first-order valence-corrected chi connectivity index (χ1v) is 20.3. The smallest absolute Gasteiger partial charge is 0.0714 e. The lowest BCUT2D eigenvalue weighted by molar-refractivity contribution is 0.656. The Morgan fingerprint density at radius 2 is 1.02 bits per heavy atom. The minimum absolute atomic E-state index is 0.0640. The Labute approximate surface area is 336 Å². The quantitative estimate of drug-likeness (QED) is 0.165. The van der Waals surface area contributed by atoms with Crippen LogP contribution >= 0.6 is 0 Å². The van der Waals surface area contributed by atoms with Gasteiger partial charge in [-0.1, -0.05) is 196 Å². The summed E-state index contributed by atoms with van der Waals surface area (Å²) >= 11 is 0. The zero-order valence-corrected chi connectivity index (χ0v) is 32.4. The van der Waals surface area contributed by atoms with Gasteiger partial charge >= 0.3 is 0 Å². The van der Waals surface area contributed by atoms with Gasteiger partial charge in [0.05, 0.1) is 11.5 Å². The van der Waals surface area contributed by atoms with E-state index in [4.69, 9.17) is 0 Å². The third kappa shape index (κ3) is 4.95. The fourth-order valence-corrected chi connectivity index (χ4v) is 10.6. The van der Waals surface area contributed by atoms with E-state index in [1.165, 1.54) is 89.3 Å². The van der Waals surface area contributed by atoms with Gasteiger partial charge in [-0.05, 0) is 109 Å². The molecule has 1 atom stereocenters. The molecule has 0 aromatic heterocycles. The Morgan fingerprint density at radius 3 is 1.72 bits per heavy atom. The van der Waals surface area contributed by atoms with Crippen LogP contribution in [0.3, 0.4) is 0 Å². The molecule has 0 spiro atoms. The van der Waals surface area contributed by atoms with Gasteiger partial charge in [0.2, 0.25) is 0 Å². The van der Waals surface area contributed by atoms with E-state index in [1.807, 2.05) is 0 Å². The van der Waals surface area contributed by atoms with Crippen LogP contribution in [0.1, 0.15) is 70.8 Å². The summed E-state index contributed by atoms with van der Waals surface area (Å²) in [6, 6.07) is 72.6. The molecule has 0 aliphatic heterocycles. The molecule has 11 rings (SSSR count). The van der Waals surface area contributed by atoms with Crippen molar-refractivity contribution in [1.82, 2.24) is 0 Å². The highest BCUT2D eigenvalue weighted by Crippen LogP contribution is 2.59. The van der Waals surface area contributed by atoms with E-state index in [-0.39, 0.29) is 11.5 Å². The predicted molar refractivity (Wildman–Crippen MR) is 238 cm³/mol. The summed E-state index contributed by atoms with van der Waals surface area (Å²) in [4.78, 5) is 2.65. The number of nitrogens with zero attached hydrogens (tertiary/aromatic N) is 1. The maximum Gasteiger partial charge on any atom is 0.0714 e. The molecule has 3 aliphatic rings. The van der Waals surface area contributed by atoms with Crippen LogP contribution in [0.25, 0.3) is 39.5 Å². The minimum Gasteiger partial charge on any atom is -0.334 e. The Bertz CT molecular complexity index is 2790. The zero-order valence-electron chi connectivity index (χ0n) is 32.4. The van der Waals surface area contributed by atoms with Crippen molar-refractivity contribution >= 4 is 17.5 Å². The molecule has 0 saturated heterocycles. The molecule has 1 heteroatoms. The van der Waals surface area contributed by atoms with Gasteiger partial charge in [-0.25, -0.2) is 0 Å². The molecule has 0 radical (unpaired) electrons. The fraction of sp³-hybridized carbons (Fsp3) is 0.107. The highest BCUT2D eigenvalue weighted by molar-refractivity contribution is 5.90. The Morgan fingerprint density at radius 1 is 0.456 bits per heavy atom. The first-order valence-electron chi connectivity index (χ1n) is 20.3. The van der Waals surface area contributed by atoms with Crippen LogP contribution < -0.4 is 4.90 Å². The summed E-state index contributed by atoms with van der Waals surface area (Å²) in [5.74, 6) is 0. The van der Waals surface area contributed by atoms with Crippen molar-refractivity contribution in [2.24, 2.45) is 0 Å². The summed E-state index contributed by atoms with van der Waals surface area (Å²) in [5.41, 5.74) is 20.4. The average Bonchev–Trinajstić information content (AvgIpc) is 3.70. The van der Waals surface area contributed by atoms with Gasteiger partial charge in [0, 0.05) is 16.8 Å². The van der Waals surface area contributed by atoms with Crippen molar-refractivity contribution in [1.29, 1.82) is 0 Å². The summed E-state index contributed by atoms with van der Waals surface area (Å²) in [5, 5.41) is 0. The Balaban J connectivity index is 1.18. The second kappa shape index (κ2) is 12.9. The highest BCUT2D eigenvalue weighted by Gasteiger charge is 2.47. The summed E-state index contributed by atoms with van der Waals surface area (Å²) in [6.07, 6.45) is 5.64. The number of fused-ring (bicyclic) bond motifs is 8.